The van der Waals surface area contributed by atoms with Crippen molar-refractivity contribution >= 4 is 34.2 Å². The number of aromatic nitrogens is 2. The molecule has 4 aromatic carbocycles. The largest absolute Gasteiger partial charge is 0.451 e. The van der Waals surface area contributed by atoms with E-state index >= 15 is 0 Å². The molecule has 0 fully saturated rings. The molecule has 0 aliphatic heterocycles. The monoisotopic (exact) mass is 624 g/mol. The zero-order valence-corrected chi connectivity index (χ0v) is 26.7. The minimum absolute atomic E-state index is 0.132. The lowest BCUT2D eigenvalue weighted by Gasteiger charge is -2.14. The van der Waals surface area contributed by atoms with E-state index in [1.165, 1.54) is 17.2 Å². The number of aryl methyl sites for hydroxylation is 5. The van der Waals surface area contributed by atoms with E-state index in [-0.39, 0.29) is 17.1 Å². The first kappa shape index (κ1) is 31.2. The van der Waals surface area contributed by atoms with Gasteiger partial charge in [0.2, 0.25) is 0 Å². The third-order valence-corrected chi connectivity index (χ3v) is 8.30. The van der Waals surface area contributed by atoms with Gasteiger partial charge in [-0.2, -0.15) is 0 Å². The predicted octanol–water partition coefficient (Wildman–Crippen LogP) is 7.97. The highest BCUT2D eigenvalue weighted by Crippen LogP contribution is 2.24. The van der Waals surface area contributed by atoms with Gasteiger partial charge >= 0.3 is 0 Å². The Balaban J connectivity index is 1.07. The van der Waals surface area contributed by atoms with Crippen molar-refractivity contribution in [3.63, 3.8) is 0 Å². The number of anilines is 2. The average Bonchev–Trinajstić information content (AvgIpc) is 3.51. The van der Waals surface area contributed by atoms with Crippen molar-refractivity contribution in [3.05, 3.63) is 153 Å². The number of carbonyl (C=O) groups is 2. The highest BCUT2D eigenvalue weighted by Gasteiger charge is 2.19. The molecular formula is C39H36N4O4. The first-order valence-corrected chi connectivity index (χ1v) is 15.7. The van der Waals surface area contributed by atoms with Crippen molar-refractivity contribution in [2.24, 2.45) is 0 Å². The van der Waals surface area contributed by atoms with Crippen LogP contribution in [0.25, 0.3) is 16.7 Å². The summed E-state index contributed by atoms with van der Waals surface area (Å²) in [5.74, 6) is -1.10. The molecule has 236 valence electrons. The molecule has 2 N–H and O–H groups in total. The van der Waals surface area contributed by atoms with Gasteiger partial charge in [0.15, 0.2) is 11.2 Å². The molecule has 8 nitrogen and oxygen atoms in total. The van der Waals surface area contributed by atoms with Crippen LogP contribution in [-0.4, -0.2) is 21.4 Å². The van der Waals surface area contributed by atoms with Gasteiger partial charge in [-0.15, -0.1) is 0 Å². The van der Waals surface area contributed by atoms with Crippen LogP contribution in [0.3, 0.4) is 0 Å². The molecule has 2 amide bonds. The van der Waals surface area contributed by atoms with Gasteiger partial charge < -0.3 is 19.6 Å². The van der Waals surface area contributed by atoms with Crippen molar-refractivity contribution < 1.29 is 14.0 Å². The Kier molecular flexibility index (Phi) is 9.11. The summed E-state index contributed by atoms with van der Waals surface area (Å²) in [6, 6.07) is 27.8. The van der Waals surface area contributed by atoms with Crippen LogP contribution in [-0.2, 0) is 12.8 Å². The minimum Gasteiger partial charge on any atom is -0.451 e. The molecule has 0 aliphatic rings. The summed E-state index contributed by atoms with van der Waals surface area (Å²) < 4.78 is 7.75. The van der Waals surface area contributed by atoms with Gasteiger partial charge in [0.05, 0.1) is 28.7 Å². The van der Waals surface area contributed by atoms with Crippen LogP contribution in [0.1, 0.15) is 61.7 Å². The number of carbonyl (C=O) groups excluding carboxylic acids is 2. The molecule has 6 aromatic rings. The predicted molar refractivity (Wildman–Crippen MR) is 186 cm³/mol. The Morgan fingerprint density at radius 1 is 0.766 bits per heavy atom. The average molecular weight is 625 g/mol. The lowest BCUT2D eigenvalue weighted by atomic mass is 10.0. The Hall–Kier alpha value is -5.76. The van der Waals surface area contributed by atoms with Gasteiger partial charge in [-0.3, -0.25) is 14.4 Å². The number of imidazole rings is 1. The van der Waals surface area contributed by atoms with Crippen molar-refractivity contribution in [2.45, 2.75) is 46.5 Å². The molecule has 6 rings (SSSR count). The third-order valence-electron chi connectivity index (χ3n) is 8.30. The molecule has 0 bridgehead atoms. The number of amides is 2. The number of para-hydroxylation sites is 1. The van der Waals surface area contributed by atoms with Gasteiger partial charge in [-0.05, 0) is 117 Å². The van der Waals surface area contributed by atoms with Crippen LogP contribution in [0.15, 0.2) is 113 Å². The van der Waals surface area contributed by atoms with E-state index < -0.39 is 5.91 Å². The fourth-order valence-electron chi connectivity index (χ4n) is 5.55. The van der Waals surface area contributed by atoms with Crippen molar-refractivity contribution in [1.82, 2.24) is 9.55 Å². The topological polar surface area (TPSA) is 106 Å². The second kappa shape index (κ2) is 13.7. The van der Waals surface area contributed by atoms with E-state index in [1.807, 2.05) is 62.1 Å². The van der Waals surface area contributed by atoms with E-state index in [1.54, 1.807) is 36.4 Å². The number of rotatable bonds is 10. The molecule has 0 atom stereocenters. The van der Waals surface area contributed by atoms with Crippen LogP contribution in [0, 0.1) is 20.8 Å². The molecule has 8 heteroatoms. The summed E-state index contributed by atoms with van der Waals surface area (Å²) in [6.45, 7) is 5.80. The Morgan fingerprint density at radius 2 is 1.51 bits per heavy atom. The molecule has 0 aliphatic carbocycles. The van der Waals surface area contributed by atoms with Crippen LogP contribution in [0.2, 0.25) is 0 Å². The first-order valence-electron chi connectivity index (χ1n) is 15.7. The standard InChI is InChI=1S/C39H36N4O4/c1-25-19-33(34(20-26(25)2)42-39(46)37-22-35(44)32-13-6-7-14-36(32)47-37)38(45)41-30-17-15-28(16-18-30)9-4-5-10-29-11-8-12-31(21-29)43-23-27(3)40-24-43/h6-8,11-24H,4-5,9-10H2,1-3H3,(H,41,45)(H,42,46). The van der Waals surface area contributed by atoms with Crippen LogP contribution in [0.5, 0.6) is 0 Å². The van der Waals surface area contributed by atoms with E-state index in [9.17, 15) is 14.4 Å². The molecule has 0 saturated heterocycles. The lowest BCUT2D eigenvalue weighted by Crippen LogP contribution is -2.20. The molecule has 2 aromatic heterocycles. The number of hydrogen-bond acceptors (Lipinski definition) is 5. The maximum atomic E-state index is 13.5. The summed E-state index contributed by atoms with van der Waals surface area (Å²) in [6.07, 6.45) is 7.91. The number of nitrogens with one attached hydrogen (secondary N) is 2. The van der Waals surface area contributed by atoms with E-state index in [2.05, 4.69) is 39.9 Å². The van der Waals surface area contributed by atoms with Crippen LogP contribution in [0.4, 0.5) is 11.4 Å². The number of fused-ring (bicyclic) bond motifs is 1. The third kappa shape index (κ3) is 7.39. The molecule has 2 heterocycles. The van der Waals surface area contributed by atoms with Crippen LogP contribution < -0.4 is 16.1 Å². The summed E-state index contributed by atoms with van der Waals surface area (Å²) in [5, 5.41) is 6.13. The smallest absolute Gasteiger partial charge is 0.291 e. The number of hydrogen-bond donors (Lipinski definition) is 2. The van der Waals surface area contributed by atoms with E-state index in [0.29, 0.717) is 27.9 Å². The fraction of sp³-hybridized carbons (Fsp3) is 0.179. The zero-order valence-electron chi connectivity index (χ0n) is 26.7. The molecule has 0 radical (unpaired) electrons. The number of benzene rings is 4. The normalized spacial score (nSPS) is 11.0. The molecule has 47 heavy (non-hydrogen) atoms. The quantitative estimate of drug-likeness (QED) is 0.150. The van der Waals surface area contributed by atoms with Gasteiger partial charge in [-0.25, -0.2) is 4.98 Å². The van der Waals surface area contributed by atoms with E-state index in [4.69, 9.17) is 4.42 Å². The highest BCUT2D eigenvalue weighted by atomic mass is 16.3. The lowest BCUT2D eigenvalue weighted by molar-refractivity contribution is 0.0997. The fourth-order valence-corrected chi connectivity index (χ4v) is 5.55. The Morgan fingerprint density at radius 3 is 2.28 bits per heavy atom. The maximum Gasteiger partial charge on any atom is 0.291 e. The van der Waals surface area contributed by atoms with Crippen molar-refractivity contribution in [2.75, 3.05) is 10.6 Å². The number of unbranched alkanes of at least 4 members (excludes halogenated alkanes) is 1. The maximum absolute atomic E-state index is 13.5. The van der Waals surface area contributed by atoms with E-state index in [0.717, 1.165) is 48.2 Å². The molecular weight excluding hydrogens is 588 g/mol. The van der Waals surface area contributed by atoms with Crippen LogP contribution >= 0.6 is 0 Å². The SMILES string of the molecule is Cc1cn(-c2cccc(CCCCc3ccc(NC(=O)c4cc(C)c(C)cc4NC(=O)c4cc(=O)c5ccccc5o4)cc3)c2)cn1. The zero-order chi connectivity index (χ0) is 32.9. The second-order valence-corrected chi connectivity index (χ2v) is 11.9. The highest BCUT2D eigenvalue weighted by molar-refractivity contribution is 6.12. The summed E-state index contributed by atoms with van der Waals surface area (Å²) in [7, 11) is 0. The number of nitrogens with zero attached hydrogens (tertiary/aromatic N) is 2. The Bertz CT molecular complexity index is 2140. The molecule has 0 unspecified atom stereocenters. The minimum atomic E-state index is -0.615. The molecule has 0 spiro atoms. The summed E-state index contributed by atoms with van der Waals surface area (Å²) >= 11 is 0. The molecule has 0 saturated carbocycles. The Labute approximate surface area is 273 Å². The summed E-state index contributed by atoms with van der Waals surface area (Å²) in [4.78, 5) is 43.5. The van der Waals surface area contributed by atoms with Crippen molar-refractivity contribution in [3.8, 4) is 5.69 Å². The van der Waals surface area contributed by atoms with Crippen molar-refractivity contribution in [1.29, 1.82) is 0 Å². The van der Waals surface area contributed by atoms with Gasteiger partial charge in [-0.1, -0.05) is 36.4 Å². The summed E-state index contributed by atoms with van der Waals surface area (Å²) in [5.41, 5.74) is 7.71. The second-order valence-electron chi connectivity index (χ2n) is 11.9. The van der Waals surface area contributed by atoms with Gasteiger partial charge in [0.25, 0.3) is 11.8 Å². The first-order chi connectivity index (χ1) is 22.7. The van der Waals surface area contributed by atoms with Gasteiger partial charge in [0, 0.05) is 23.6 Å². The van der Waals surface area contributed by atoms with Gasteiger partial charge in [0.1, 0.15) is 5.58 Å².